The van der Waals surface area contributed by atoms with Gasteiger partial charge in [-0.2, -0.15) is 0 Å². The van der Waals surface area contributed by atoms with Gasteiger partial charge in [-0.15, -0.1) is 0 Å². The number of ether oxygens (including phenoxy) is 4. The summed E-state index contributed by atoms with van der Waals surface area (Å²) in [7, 11) is 0. The Labute approximate surface area is 330 Å². The van der Waals surface area contributed by atoms with E-state index >= 15 is 0 Å². The van der Waals surface area contributed by atoms with Crippen molar-refractivity contribution in [3.8, 4) is 0 Å². The van der Waals surface area contributed by atoms with Crippen LogP contribution in [0.4, 0.5) is 0 Å². The first-order valence-corrected chi connectivity index (χ1v) is 20.3. The van der Waals surface area contributed by atoms with Crippen LogP contribution in [0.1, 0.15) is 117 Å². The van der Waals surface area contributed by atoms with Gasteiger partial charge in [-0.1, -0.05) is 117 Å². The zero-order chi connectivity index (χ0) is 40.2. The maximum absolute atomic E-state index is 12.7. The van der Waals surface area contributed by atoms with Crippen molar-refractivity contribution in [2.75, 3.05) is 19.8 Å². The number of allylic oxidation sites excluding steroid dienone is 16. The van der Waals surface area contributed by atoms with E-state index in [4.69, 9.17) is 18.9 Å². The van der Waals surface area contributed by atoms with Gasteiger partial charge in [-0.25, -0.2) is 0 Å². The average molecular weight is 771 g/mol. The van der Waals surface area contributed by atoms with Crippen LogP contribution in [0.25, 0.3) is 0 Å². The highest BCUT2D eigenvalue weighted by Crippen LogP contribution is 2.22. The number of carbonyl (C=O) groups is 2. The first-order chi connectivity index (χ1) is 26.8. The summed E-state index contributed by atoms with van der Waals surface area (Å²) in [5.74, 6) is -0.923. The Morgan fingerprint density at radius 2 is 1.04 bits per heavy atom. The fourth-order valence-electron chi connectivity index (χ4n) is 5.29. The highest BCUT2D eigenvalue weighted by Gasteiger charge is 2.44. The molecule has 0 spiro atoms. The lowest BCUT2D eigenvalue weighted by Gasteiger charge is -2.39. The van der Waals surface area contributed by atoms with Gasteiger partial charge in [0.1, 0.15) is 31.0 Å². The molecule has 1 aliphatic heterocycles. The van der Waals surface area contributed by atoms with Crippen LogP contribution in [0.3, 0.4) is 0 Å². The van der Waals surface area contributed by atoms with Gasteiger partial charge >= 0.3 is 11.9 Å². The molecule has 10 heteroatoms. The number of hydrogen-bond acceptors (Lipinski definition) is 10. The molecule has 1 aliphatic rings. The molecule has 1 heterocycles. The molecule has 0 saturated carbocycles. The van der Waals surface area contributed by atoms with Gasteiger partial charge in [0, 0.05) is 12.8 Å². The molecular formula is C45H70O10. The maximum Gasteiger partial charge on any atom is 0.306 e. The van der Waals surface area contributed by atoms with Gasteiger partial charge in [-0.3, -0.25) is 9.59 Å². The van der Waals surface area contributed by atoms with Gasteiger partial charge in [0.2, 0.25) is 0 Å². The van der Waals surface area contributed by atoms with Crippen LogP contribution in [-0.2, 0) is 28.5 Å². The van der Waals surface area contributed by atoms with E-state index < -0.39 is 55.4 Å². The van der Waals surface area contributed by atoms with Gasteiger partial charge < -0.3 is 39.4 Å². The van der Waals surface area contributed by atoms with E-state index in [0.29, 0.717) is 19.3 Å². The monoisotopic (exact) mass is 770 g/mol. The average Bonchev–Trinajstić information content (AvgIpc) is 3.18. The quantitative estimate of drug-likeness (QED) is 0.0310. The summed E-state index contributed by atoms with van der Waals surface area (Å²) >= 11 is 0. The van der Waals surface area contributed by atoms with E-state index in [9.17, 15) is 30.0 Å². The van der Waals surface area contributed by atoms with Crippen molar-refractivity contribution in [1.82, 2.24) is 0 Å². The third-order valence-electron chi connectivity index (χ3n) is 8.46. The second kappa shape index (κ2) is 35.1. The van der Waals surface area contributed by atoms with Crippen molar-refractivity contribution in [3.05, 3.63) is 97.2 Å². The topological polar surface area (TPSA) is 152 Å². The largest absolute Gasteiger partial charge is 0.462 e. The summed E-state index contributed by atoms with van der Waals surface area (Å²) in [5.41, 5.74) is 0. The Bertz CT molecular complexity index is 1210. The highest BCUT2D eigenvalue weighted by molar-refractivity contribution is 5.70. The van der Waals surface area contributed by atoms with Crippen LogP contribution >= 0.6 is 0 Å². The van der Waals surface area contributed by atoms with Crippen molar-refractivity contribution >= 4 is 11.9 Å². The Morgan fingerprint density at radius 3 is 1.55 bits per heavy atom. The molecule has 0 unspecified atom stereocenters. The summed E-state index contributed by atoms with van der Waals surface area (Å²) in [5, 5.41) is 40.0. The third-order valence-corrected chi connectivity index (χ3v) is 8.46. The molecule has 0 bridgehead atoms. The molecule has 1 fully saturated rings. The van der Waals surface area contributed by atoms with E-state index in [2.05, 4.69) is 105 Å². The molecule has 1 saturated heterocycles. The molecule has 310 valence electrons. The molecule has 0 aromatic carbocycles. The Hall–Kier alpha value is -3.38. The molecule has 6 atom stereocenters. The predicted octanol–water partition coefficient (Wildman–Crippen LogP) is 7.99. The van der Waals surface area contributed by atoms with E-state index in [0.717, 1.165) is 70.6 Å². The van der Waals surface area contributed by atoms with Crippen LogP contribution in [0, 0.1) is 0 Å². The number of hydrogen-bond donors (Lipinski definition) is 4. The maximum atomic E-state index is 12.7. The number of rotatable bonds is 31. The van der Waals surface area contributed by atoms with E-state index in [1.165, 1.54) is 0 Å². The molecule has 55 heavy (non-hydrogen) atoms. The van der Waals surface area contributed by atoms with Crippen LogP contribution in [-0.4, -0.2) is 89.0 Å². The van der Waals surface area contributed by atoms with Gasteiger partial charge in [-0.05, 0) is 83.5 Å². The van der Waals surface area contributed by atoms with Gasteiger partial charge in [0.15, 0.2) is 12.4 Å². The van der Waals surface area contributed by atoms with E-state index in [-0.39, 0.29) is 26.1 Å². The van der Waals surface area contributed by atoms with Crippen LogP contribution in [0.5, 0.6) is 0 Å². The van der Waals surface area contributed by atoms with Crippen LogP contribution < -0.4 is 0 Å². The zero-order valence-electron chi connectivity index (χ0n) is 33.4. The lowest BCUT2D eigenvalue weighted by molar-refractivity contribution is -0.305. The molecule has 0 radical (unpaired) electrons. The van der Waals surface area contributed by atoms with E-state index in [1.807, 2.05) is 6.08 Å². The van der Waals surface area contributed by atoms with Crippen molar-refractivity contribution in [2.24, 2.45) is 0 Å². The smallest absolute Gasteiger partial charge is 0.306 e. The summed E-state index contributed by atoms with van der Waals surface area (Å²) in [6.45, 7) is 3.07. The summed E-state index contributed by atoms with van der Waals surface area (Å²) in [4.78, 5) is 25.2. The molecule has 0 aromatic heterocycles. The standard InChI is InChI=1S/C45H70O10/c1-3-5-7-9-11-13-15-17-18-19-20-22-24-26-28-30-32-34-41(48)54-38(37-53-45-44(51)43(50)42(49)39(35-46)55-45)36-52-40(47)33-31-29-27-25-23-21-16-14-12-10-8-6-4-2/h5-8,11-14,17-18,20-23,26,28,38-39,42-46,49-51H,3-4,9-10,15-16,19,24-25,27,29-37H2,1-2H3/b7-5-,8-6-,13-11-,14-12-,18-17-,22-20-,23-21-,28-26-/t38-,39-,42+,43+,44-,45-/m1/s1. The van der Waals surface area contributed by atoms with Crippen LogP contribution in [0.15, 0.2) is 97.2 Å². The first-order valence-electron chi connectivity index (χ1n) is 20.3. The number of esters is 2. The fourth-order valence-corrected chi connectivity index (χ4v) is 5.29. The Balaban J connectivity index is 2.46. The molecule has 0 aromatic rings. The Kier molecular flexibility index (Phi) is 31.6. The predicted molar refractivity (Wildman–Crippen MR) is 219 cm³/mol. The minimum absolute atomic E-state index is 0.139. The van der Waals surface area contributed by atoms with Crippen molar-refractivity contribution in [3.63, 3.8) is 0 Å². The third kappa shape index (κ3) is 27.0. The van der Waals surface area contributed by atoms with Crippen molar-refractivity contribution in [2.45, 2.75) is 153 Å². The summed E-state index contributed by atoms with van der Waals surface area (Å²) in [6.07, 6.45) is 38.5. The van der Waals surface area contributed by atoms with E-state index in [1.54, 1.807) is 0 Å². The first kappa shape index (κ1) is 49.6. The molecule has 10 nitrogen and oxygen atoms in total. The second-order valence-electron chi connectivity index (χ2n) is 13.3. The van der Waals surface area contributed by atoms with Gasteiger partial charge in [0.25, 0.3) is 0 Å². The van der Waals surface area contributed by atoms with Gasteiger partial charge in [0.05, 0.1) is 13.2 Å². The highest BCUT2D eigenvalue weighted by atomic mass is 16.7. The number of aliphatic hydroxyl groups excluding tert-OH is 4. The molecule has 1 rings (SSSR count). The normalized spacial score (nSPS) is 21.6. The van der Waals surface area contributed by atoms with Crippen LogP contribution in [0.2, 0.25) is 0 Å². The molecule has 0 aliphatic carbocycles. The molecule has 0 amide bonds. The lowest BCUT2D eigenvalue weighted by atomic mass is 9.99. The summed E-state index contributed by atoms with van der Waals surface area (Å²) < 4.78 is 22.0. The van der Waals surface area contributed by atoms with Crippen molar-refractivity contribution < 1.29 is 49.0 Å². The number of unbranched alkanes of at least 4 members (excludes halogenated alkanes) is 4. The Morgan fingerprint density at radius 1 is 0.564 bits per heavy atom. The second-order valence-corrected chi connectivity index (χ2v) is 13.3. The zero-order valence-corrected chi connectivity index (χ0v) is 33.4. The number of aliphatic hydroxyl groups is 4. The SMILES string of the molecule is CC/C=C\C/C=C\C/C=C\C/C=C\C/C=C\CCCC(=O)O[C@H](COC(=O)CCCCC/C=C\C/C=C\C/C=C\CC)CO[C@@H]1O[C@H](CO)[C@H](O)[C@H](O)[C@H]1O. The summed E-state index contributed by atoms with van der Waals surface area (Å²) in [6, 6.07) is 0. The molecular weight excluding hydrogens is 700 g/mol. The minimum atomic E-state index is -1.61. The minimum Gasteiger partial charge on any atom is -0.462 e. The van der Waals surface area contributed by atoms with Crippen molar-refractivity contribution in [1.29, 1.82) is 0 Å². The fraction of sp³-hybridized carbons (Fsp3) is 0.600. The lowest BCUT2D eigenvalue weighted by Crippen LogP contribution is -2.59. The molecule has 4 N–H and O–H groups in total. The number of carbonyl (C=O) groups excluding carboxylic acids is 2.